The SMILES string of the molecule is CCC1CCC(C(=O)c2nccn2C)C1. The van der Waals surface area contributed by atoms with E-state index >= 15 is 0 Å². The van der Waals surface area contributed by atoms with Crippen LogP contribution in [0.15, 0.2) is 12.4 Å². The van der Waals surface area contributed by atoms with Gasteiger partial charge in [0.1, 0.15) is 0 Å². The zero-order valence-corrected chi connectivity index (χ0v) is 9.44. The second-order valence-electron chi connectivity index (χ2n) is 4.51. The monoisotopic (exact) mass is 206 g/mol. The number of nitrogens with zero attached hydrogens (tertiary/aromatic N) is 2. The number of rotatable bonds is 3. The average Bonchev–Trinajstić information content (AvgIpc) is 2.84. The first-order valence-electron chi connectivity index (χ1n) is 5.74. The highest BCUT2D eigenvalue weighted by molar-refractivity contribution is 5.94. The van der Waals surface area contributed by atoms with Crippen LogP contribution < -0.4 is 0 Å². The van der Waals surface area contributed by atoms with Gasteiger partial charge in [0.15, 0.2) is 5.82 Å². The van der Waals surface area contributed by atoms with E-state index in [1.165, 1.54) is 12.8 Å². The standard InChI is InChI=1S/C12H18N2O/c1-3-9-4-5-10(8-9)11(15)12-13-6-7-14(12)2/h6-7,9-10H,3-5,8H2,1-2H3. The average molecular weight is 206 g/mol. The van der Waals surface area contributed by atoms with Gasteiger partial charge in [-0.3, -0.25) is 4.79 Å². The van der Waals surface area contributed by atoms with Gasteiger partial charge in [0.05, 0.1) is 0 Å². The van der Waals surface area contributed by atoms with Gasteiger partial charge in [0.25, 0.3) is 0 Å². The Labute approximate surface area is 90.5 Å². The van der Waals surface area contributed by atoms with Gasteiger partial charge in [-0.1, -0.05) is 13.3 Å². The molecule has 0 amide bonds. The predicted octanol–water partition coefficient (Wildman–Crippen LogP) is 2.43. The van der Waals surface area contributed by atoms with E-state index < -0.39 is 0 Å². The van der Waals surface area contributed by atoms with Crippen molar-refractivity contribution in [2.45, 2.75) is 32.6 Å². The molecule has 1 aliphatic carbocycles. The zero-order chi connectivity index (χ0) is 10.8. The van der Waals surface area contributed by atoms with Gasteiger partial charge in [0, 0.05) is 25.4 Å². The van der Waals surface area contributed by atoms with E-state index in [1.807, 2.05) is 17.8 Å². The van der Waals surface area contributed by atoms with Gasteiger partial charge in [-0.2, -0.15) is 0 Å². The number of hydrogen-bond acceptors (Lipinski definition) is 2. The Morgan fingerprint density at radius 3 is 2.93 bits per heavy atom. The van der Waals surface area contributed by atoms with Crippen molar-refractivity contribution < 1.29 is 4.79 Å². The summed E-state index contributed by atoms with van der Waals surface area (Å²) in [4.78, 5) is 16.2. The number of Topliss-reactive ketones (excluding diaryl/α,β-unsaturated/α-hetero) is 1. The molecule has 1 heterocycles. The van der Waals surface area contributed by atoms with Gasteiger partial charge in [-0.25, -0.2) is 4.98 Å². The molecule has 15 heavy (non-hydrogen) atoms. The molecule has 3 nitrogen and oxygen atoms in total. The van der Waals surface area contributed by atoms with Crippen molar-refractivity contribution in [3.63, 3.8) is 0 Å². The Balaban J connectivity index is 2.07. The van der Waals surface area contributed by atoms with Crippen molar-refractivity contribution in [3.05, 3.63) is 18.2 Å². The van der Waals surface area contributed by atoms with Crippen molar-refractivity contribution in [1.82, 2.24) is 9.55 Å². The second-order valence-corrected chi connectivity index (χ2v) is 4.51. The zero-order valence-electron chi connectivity index (χ0n) is 9.44. The maximum atomic E-state index is 12.1. The summed E-state index contributed by atoms with van der Waals surface area (Å²) in [5.74, 6) is 1.82. The van der Waals surface area contributed by atoms with Crippen molar-refractivity contribution in [3.8, 4) is 0 Å². The van der Waals surface area contributed by atoms with Gasteiger partial charge in [-0.05, 0) is 25.2 Å². The van der Waals surface area contributed by atoms with Crippen LogP contribution in [0.3, 0.4) is 0 Å². The largest absolute Gasteiger partial charge is 0.332 e. The summed E-state index contributed by atoms with van der Waals surface area (Å²) in [7, 11) is 1.88. The van der Waals surface area contributed by atoms with Crippen LogP contribution >= 0.6 is 0 Å². The minimum Gasteiger partial charge on any atom is -0.332 e. The van der Waals surface area contributed by atoms with Crippen LogP contribution in [-0.4, -0.2) is 15.3 Å². The molecule has 1 saturated carbocycles. The summed E-state index contributed by atoms with van der Waals surface area (Å²) in [6.45, 7) is 2.21. The van der Waals surface area contributed by atoms with E-state index in [4.69, 9.17) is 0 Å². The van der Waals surface area contributed by atoms with E-state index in [0.717, 1.165) is 18.8 Å². The molecule has 1 aromatic rings. The highest BCUT2D eigenvalue weighted by Gasteiger charge is 2.30. The summed E-state index contributed by atoms with van der Waals surface area (Å²) in [6, 6.07) is 0. The van der Waals surface area contributed by atoms with Crippen LogP contribution in [0.25, 0.3) is 0 Å². The van der Waals surface area contributed by atoms with E-state index in [9.17, 15) is 4.79 Å². The normalized spacial score (nSPS) is 25.7. The van der Waals surface area contributed by atoms with Gasteiger partial charge < -0.3 is 4.57 Å². The lowest BCUT2D eigenvalue weighted by molar-refractivity contribution is 0.0906. The fourth-order valence-corrected chi connectivity index (χ4v) is 2.47. The second kappa shape index (κ2) is 4.17. The molecule has 0 aliphatic heterocycles. The molecule has 0 N–H and O–H groups in total. The molecule has 2 rings (SSSR count). The summed E-state index contributed by atoms with van der Waals surface area (Å²) >= 11 is 0. The summed E-state index contributed by atoms with van der Waals surface area (Å²) in [6.07, 6.45) is 8.03. The highest BCUT2D eigenvalue weighted by atomic mass is 16.1. The lowest BCUT2D eigenvalue weighted by Gasteiger charge is -2.08. The maximum absolute atomic E-state index is 12.1. The molecule has 82 valence electrons. The van der Waals surface area contributed by atoms with Crippen molar-refractivity contribution in [2.24, 2.45) is 18.9 Å². The smallest absolute Gasteiger partial charge is 0.201 e. The molecule has 2 unspecified atom stereocenters. The lowest BCUT2D eigenvalue weighted by Crippen LogP contribution is -2.16. The van der Waals surface area contributed by atoms with Crippen molar-refractivity contribution in [2.75, 3.05) is 0 Å². The number of imidazole rings is 1. The topological polar surface area (TPSA) is 34.9 Å². The number of aryl methyl sites for hydroxylation is 1. The van der Waals surface area contributed by atoms with E-state index in [0.29, 0.717) is 5.82 Å². The minimum absolute atomic E-state index is 0.219. The van der Waals surface area contributed by atoms with Crippen LogP contribution in [0, 0.1) is 11.8 Å². The third-order valence-electron chi connectivity index (χ3n) is 3.53. The van der Waals surface area contributed by atoms with Gasteiger partial charge >= 0.3 is 0 Å². The Morgan fingerprint density at radius 1 is 1.60 bits per heavy atom. The molecule has 3 heteroatoms. The Morgan fingerprint density at radius 2 is 2.40 bits per heavy atom. The molecule has 1 fully saturated rings. The summed E-state index contributed by atoms with van der Waals surface area (Å²) in [5.41, 5.74) is 0. The van der Waals surface area contributed by atoms with E-state index in [-0.39, 0.29) is 11.7 Å². The number of ketones is 1. The van der Waals surface area contributed by atoms with Crippen LogP contribution in [0.4, 0.5) is 0 Å². The van der Waals surface area contributed by atoms with E-state index in [2.05, 4.69) is 11.9 Å². The number of aromatic nitrogens is 2. The van der Waals surface area contributed by atoms with Gasteiger partial charge in [-0.15, -0.1) is 0 Å². The molecule has 0 saturated heterocycles. The van der Waals surface area contributed by atoms with Crippen LogP contribution in [0.2, 0.25) is 0 Å². The number of carbonyl (C=O) groups is 1. The molecular weight excluding hydrogens is 188 g/mol. The van der Waals surface area contributed by atoms with Crippen LogP contribution in [0.1, 0.15) is 43.2 Å². The summed E-state index contributed by atoms with van der Waals surface area (Å²) in [5, 5.41) is 0. The van der Waals surface area contributed by atoms with Crippen LogP contribution in [-0.2, 0) is 7.05 Å². The molecule has 0 bridgehead atoms. The predicted molar refractivity (Wildman–Crippen MR) is 58.7 cm³/mol. The number of carbonyl (C=O) groups excluding carboxylic acids is 1. The fraction of sp³-hybridized carbons (Fsp3) is 0.667. The molecule has 2 atom stereocenters. The van der Waals surface area contributed by atoms with Crippen LogP contribution in [0.5, 0.6) is 0 Å². The quantitative estimate of drug-likeness (QED) is 0.712. The third kappa shape index (κ3) is 1.96. The minimum atomic E-state index is 0.219. The molecule has 1 aromatic heterocycles. The first kappa shape index (κ1) is 10.4. The molecule has 0 spiro atoms. The summed E-state index contributed by atoms with van der Waals surface area (Å²) < 4.78 is 1.82. The molecule has 1 aliphatic rings. The Bertz CT molecular complexity index is 356. The first-order chi connectivity index (χ1) is 7.22. The van der Waals surface area contributed by atoms with Crippen molar-refractivity contribution in [1.29, 1.82) is 0 Å². The fourth-order valence-electron chi connectivity index (χ4n) is 2.47. The first-order valence-corrected chi connectivity index (χ1v) is 5.74. The Kier molecular flexibility index (Phi) is 2.89. The molecule has 0 aromatic carbocycles. The molecule has 0 radical (unpaired) electrons. The maximum Gasteiger partial charge on any atom is 0.201 e. The van der Waals surface area contributed by atoms with E-state index in [1.54, 1.807) is 6.20 Å². The van der Waals surface area contributed by atoms with Crippen molar-refractivity contribution >= 4 is 5.78 Å². The number of hydrogen-bond donors (Lipinski definition) is 0. The lowest BCUT2D eigenvalue weighted by atomic mass is 9.99. The Hall–Kier alpha value is -1.12. The third-order valence-corrected chi connectivity index (χ3v) is 3.53. The highest BCUT2D eigenvalue weighted by Crippen LogP contribution is 2.34. The molecular formula is C12H18N2O. The van der Waals surface area contributed by atoms with Gasteiger partial charge in [0.2, 0.25) is 5.78 Å².